The molecular formula is C7H11N3O2. The molecule has 1 saturated heterocycles. The summed E-state index contributed by atoms with van der Waals surface area (Å²) in [7, 11) is 0. The lowest BCUT2D eigenvalue weighted by Gasteiger charge is -2.04. The van der Waals surface area contributed by atoms with Crippen LogP contribution in [0.5, 0.6) is 0 Å². The number of nitrogens with zero attached hydrogens (tertiary/aromatic N) is 2. The fourth-order valence-electron chi connectivity index (χ4n) is 1.36. The molecule has 1 aromatic rings. The van der Waals surface area contributed by atoms with Gasteiger partial charge in [0.2, 0.25) is 0 Å². The second-order valence-corrected chi connectivity index (χ2v) is 3.00. The predicted octanol–water partition coefficient (Wildman–Crippen LogP) is 0.892. The normalized spacial score (nSPS) is 29.4. The van der Waals surface area contributed by atoms with Crippen molar-refractivity contribution in [1.29, 1.82) is 0 Å². The van der Waals surface area contributed by atoms with E-state index in [4.69, 9.17) is 15.0 Å². The van der Waals surface area contributed by atoms with Crippen LogP contribution < -0.4 is 5.73 Å². The summed E-state index contributed by atoms with van der Waals surface area (Å²) in [6.07, 6.45) is 2.20. The maximum atomic E-state index is 5.51. The Kier molecular flexibility index (Phi) is 1.73. The molecule has 2 unspecified atom stereocenters. The van der Waals surface area contributed by atoms with Crippen molar-refractivity contribution in [3.8, 4) is 0 Å². The van der Waals surface area contributed by atoms with E-state index in [2.05, 4.69) is 10.1 Å². The molecule has 2 N–H and O–H groups in total. The van der Waals surface area contributed by atoms with E-state index >= 15 is 0 Å². The Balaban J connectivity index is 2.11. The molecule has 0 aliphatic carbocycles. The summed E-state index contributed by atoms with van der Waals surface area (Å²) in [4.78, 5) is 3.90. The van der Waals surface area contributed by atoms with Crippen molar-refractivity contribution in [2.24, 2.45) is 0 Å². The molecule has 2 atom stereocenters. The highest BCUT2D eigenvalue weighted by Crippen LogP contribution is 2.31. The molecule has 0 aromatic carbocycles. The molecule has 0 radical (unpaired) electrons. The molecule has 1 aliphatic rings. The number of nitrogen functional groups attached to an aromatic ring is 1. The van der Waals surface area contributed by atoms with Gasteiger partial charge in [-0.1, -0.05) is 0 Å². The topological polar surface area (TPSA) is 74.2 Å². The third-order valence-corrected chi connectivity index (χ3v) is 1.96. The van der Waals surface area contributed by atoms with E-state index in [0.29, 0.717) is 5.89 Å². The first kappa shape index (κ1) is 7.54. The molecule has 12 heavy (non-hydrogen) atoms. The summed E-state index contributed by atoms with van der Waals surface area (Å²) in [5.74, 6) is 0.671. The van der Waals surface area contributed by atoms with Crippen molar-refractivity contribution < 1.29 is 9.26 Å². The molecule has 0 saturated carbocycles. The van der Waals surface area contributed by atoms with E-state index in [0.717, 1.165) is 12.8 Å². The van der Waals surface area contributed by atoms with Gasteiger partial charge in [-0.15, -0.1) is 0 Å². The zero-order valence-corrected chi connectivity index (χ0v) is 6.86. The van der Waals surface area contributed by atoms with Gasteiger partial charge in [0.15, 0.2) is 0 Å². The molecule has 0 amide bonds. The lowest BCUT2D eigenvalue weighted by molar-refractivity contribution is 0.0355. The molecule has 0 bridgehead atoms. The van der Waals surface area contributed by atoms with E-state index in [1.54, 1.807) is 0 Å². The summed E-state index contributed by atoms with van der Waals surface area (Å²) < 4.78 is 10.4. The van der Waals surface area contributed by atoms with Crippen LogP contribution in [0.15, 0.2) is 4.52 Å². The van der Waals surface area contributed by atoms with Crippen LogP contribution in [0.1, 0.15) is 31.8 Å². The standard InChI is InChI=1S/C7H11N3O2/c1-4-2-3-5(11-4)6-9-7(8)10-12-6/h4-5H,2-3H2,1H3,(H2,8,10). The first-order chi connectivity index (χ1) is 5.75. The monoisotopic (exact) mass is 169 g/mol. The Labute approximate surface area is 69.9 Å². The Hall–Kier alpha value is -1.10. The zero-order chi connectivity index (χ0) is 8.55. The largest absolute Gasteiger partial charge is 0.365 e. The summed E-state index contributed by atoms with van der Waals surface area (Å²) in [6, 6.07) is 0. The summed E-state index contributed by atoms with van der Waals surface area (Å²) in [5.41, 5.74) is 5.31. The number of anilines is 1. The summed E-state index contributed by atoms with van der Waals surface area (Å²) >= 11 is 0. The van der Waals surface area contributed by atoms with Gasteiger partial charge in [0.05, 0.1) is 6.10 Å². The fourth-order valence-corrected chi connectivity index (χ4v) is 1.36. The number of hydrogen-bond acceptors (Lipinski definition) is 5. The van der Waals surface area contributed by atoms with Gasteiger partial charge >= 0.3 is 0 Å². The van der Waals surface area contributed by atoms with Gasteiger partial charge in [-0.05, 0) is 24.9 Å². The maximum absolute atomic E-state index is 5.51. The third-order valence-electron chi connectivity index (χ3n) is 1.96. The Morgan fingerprint density at radius 2 is 2.33 bits per heavy atom. The molecule has 1 aromatic heterocycles. The number of ether oxygens (including phenoxy) is 1. The van der Waals surface area contributed by atoms with E-state index in [1.165, 1.54) is 0 Å². The van der Waals surface area contributed by atoms with E-state index in [1.807, 2.05) is 6.92 Å². The molecule has 5 heteroatoms. The molecular weight excluding hydrogens is 158 g/mol. The molecule has 0 spiro atoms. The molecule has 2 rings (SSSR count). The van der Waals surface area contributed by atoms with Crippen LogP contribution >= 0.6 is 0 Å². The summed E-state index contributed by atoms with van der Waals surface area (Å²) in [6.45, 7) is 2.03. The smallest absolute Gasteiger partial charge is 0.260 e. The van der Waals surface area contributed by atoms with Gasteiger partial charge in [0.25, 0.3) is 11.8 Å². The van der Waals surface area contributed by atoms with Gasteiger partial charge in [-0.25, -0.2) is 0 Å². The minimum absolute atomic E-state index is 0.0511. The van der Waals surface area contributed by atoms with E-state index in [-0.39, 0.29) is 18.2 Å². The average Bonchev–Trinajstić information content (AvgIpc) is 2.58. The first-order valence-electron chi connectivity index (χ1n) is 4.00. The fraction of sp³-hybridized carbons (Fsp3) is 0.714. The Morgan fingerprint density at radius 3 is 2.83 bits per heavy atom. The van der Waals surface area contributed by atoms with Gasteiger partial charge in [-0.3, -0.25) is 0 Å². The number of aromatic nitrogens is 2. The highest BCUT2D eigenvalue weighted by Gasteiger charge is 2.27. The highest BCUT2D eigenvalue weighted by atomic mass is 16.5. The van der Waals surface area contributed by atoms with Crippen molar-refractivity contribution in [3.63, 3.8) is 0 Å². The van der Waals surface area contributed by atoms with Crippen LogP contribution in [-0.4, -0.2) is 16.2 Å². The number of rotatable bonds is 1. The van der Waals surface area contributed by atoms with Gasteiger partial charge in [0, 0.05) is 0 Å². The highest BCUT2D eigenvalue weighted by molar-refractivity contribution is 5.11. The average molecular weight is 169 g/mol. The second-order valence-electron chi connectivity index (χ2n) is 3.00. The number of nitrogens with two attached hydrogens (primary N) is 1. The lowest BCUT2D eigenvalue weighted by Crippen LogP contribution is -2.01. The van der Waals surface area contributed by atoms with Gasteiger partial charge < -0.3 is 15.0 Å². The van der Waals surface area contributed by atoms with Crippen LogP contribution in [0.4, 0.5) is 5.95 Å². The minimum Gasteiger partial charge on any atom is -0.365 e. The molecule has 1 aliphatic heterocycles. The van der Waals surface area contributed by atoms with Crippen molar-refractivity contribution in [2.75, 3.05) is 5.73 Å². The van der Waals surface area contributed by atoms with E-state index in [9.17, 15) is 0 Å². The maximum Gasteiger partial charge on any atom is 0.260 e. The van der Waals surface area contributed by atoms with Crippen molar-refractivity contribution in [2.45, 2.75) is 32.0 Å². The van der Waals surface area contributed by atoms with Crippen LogP contribution in [0.2, 0.25) is 0 Å². The lowest BCUT2D eigenvalue weighted by atomic mass is 10.2. The third kappa shape index (κ3) is 1.27. The zero-order valence-electron chi connectivity index (χ0n) is 6.86. The SMILES string of the molecule is CC1CCC(c2nc(N)no2)O1. The molecule has 66 valence electrons. The van der Waals surface area contributed by atoms with Gasteiger partial charge in [0.1, 0.15) is 6.10 Å². The first-order valence-corrected chi connectivity index (χ1v) is 4.00. The van der Waals surface area contributed by atoms with Crippen LogP contribution in [0.25, 0.3) is 0 Å². The van der Waals surface area contributed by atoms with Crippen molar-refractivity contribution >= 4 is 5.95 Å². The Morgan fingerprint density at radius 1 is 1.50 bits per heavy atom. The second kappa shape index (κ2) is 2.75. The molecule has 2 heterocycles. The predicted molar refractivity (Wildman–Crippen MR) is 41.2 cm³/mol. The van der Waals surface area contributed by atoms with E-state index < -0.39 is 0 Å². The van der Waals surface area contributed by atoms with Crippen LogP contribution in [-0.2, 0) is 4.74 Å². The Bertz CT molecular complexity index is 273. The van der Waals surface area contributed by atoms with Crippen LogP contribution in [0.3, 0.4) is 0 Å². The summed E-state index contributed by atoms with van der Waals surface area (Å²) in [5, 5.41) is 3.50. The molecule has 5 nitrogen and oxygen atoms in total. The molecule has 1 fully saturated rings. The minimum atomic E-state index is -0.0511. The van der Waals surface area contributed by atoms with Crippen LogP contribution in [0, 0.1) is 0 Å². The number of hydrogen-bond donors (Lipinski definition) is 1. The van der Waals surface area contributed by atoms with Crippen molar-refractivity contribution in [3.05, 3.63) is 5.89 Å². The van der Waals surface area contributed by atoms with Gasteiger partial charge in [-0.2, -0.15) is 4.98 Å². The van der Waals surface area contributed by atoms with Crippen molar-refractivity contribution in [1.82, 2.24) is 10.1 Å². The quantitative estimate of drug-likeness (QED) is 0.675.